The first kappa shape index (κ1) is 97.5. The number of phosphoric acid groups is 1. The van der Waals surface area contributed by atoms with Crippen molar-refractivity contribution in [1.82, 2.24) is 63.8 Å². The lowest BCUT2D eigenvalue weighted by molar-refractivity contribution is -0.142. The molecular weight excluding hydrogens is 1490 g/mol. The molecule has 13 atom stereocenters. The molecule has 0 bridgehead atoms. The standard InChI is InChI=1S/C64H107N22O24P/c1-8-31(4)49(86-60(105)42(26-30(2)3)83-55(100)39(14-11-25-74-64(70)71)81-53(98)37(65)12-9-23-72-62(66)67)61(106)82-41(20-22-46(89)90)57(102)85-44(28-47(91)92)59(104)78-34(7)52(97)80-40(19-21-45(87)88)56(101)84-43(27-35-15-17-36(18-16-35)110-111(107,108)109)58(103)77-32(5)50(95)76-33(6)51(96)79-38(13-10-24-73-63(68)69)54(99)75-29-48(93)94/h15-18,30-34,37-44,49H,8-14,19-29,65H2,1-7H3,(H,75,99)(H,76,95)(H,77,103)(H,78,104)(H,79,96)(H,80,97)(H,81,98)(H,82,106)(H,83,100)(H,84,101)(H,85,102)(H,86,105)(H,87,88)(H,89,90)(H,91,92)(H,93,94)(H4,66,67,72)(H4,68,69,73)(H4,70,71,74)(H2,107,108,109)/t31-,32-,33-,34-,37-,38-,39-,40-,41-,42-,43-,44-,49-/m0/s1. The highest BCUT2D eigenvalue weighted by Crippen LogP contribution is 2.37. The fourth-order valence-corrected chi connectivity index (χ4v) is 10.4. The molecule has 0 saturated heterocycles. The lowest BCUT2D eigenvalue weighted by Gasteiger charge is -2.30. The van der Waals surface area contributed by atoms with Crippen LogP contribution in [0, 0.1) is 11.8 Å². The minimum atomic E-state index is -5.08. The molecule has 1 aromatic rings. The van der Waals surface area contributed by atoms with Gasteiger partial charge in [-0.05, 0) is 108 Å². The second-order valence-electron chi connectivity index (χ2n) is 26.1. The van der Waals surface area contributed by atoms with Crippen LogP contribution in [0.2, 0.25) is 0 Å². The number of guanidine groups is 3. The van der Waals surface area contributed by atoms with Crippen molar-refractivity contribution in [3.05, 3.63) is 29.8 Å². The summed E-state index contributed by atoms with van der Waals surface area (Å²) in [7, 11) is -5.08. The summed E-state index contributed by atoms with van der Waals surface area (Å²) in [5.41, 5.74) is 38.6. The maximum atomic E-state index is 14.4. The Morgan fingerprint density at radius 3 is 1.20 bits per heavy atom. The first-order chi connectivity index (χ1) is 51.7. The number of carbonyl (C=O) groups excluding carboxylic acids is 12. The van der Waals surface area contributed by atoms with E-state index < -0.39 is 226 Å². The van der Waals surface area contributed by atoms with Crippen LogP contribution in [-0.2, 0) is 87.7 Å². The van der Waals surface area contributed by atoms with Gasteiger partial charge in [-0.3, -0.25) is 101 Å². The summed E-state index contributed by atoms with van der Waals surface area (Å²) in [5, 5.41) is 66.6. The van der Waals surface area contributed by atoms with Gasteiger partial charge >= 0.3 is 31.7 Å². The molecular formula is C64H107N22O24P. The van der Waals surface area contributed by atoms with Crippen LogP contribution in [0.25, 0.3) is 0 Å². The number of aliphatic imine (C=N–C) groups is 3. The monoisotopic (exact) mass is 1600 g/mol. The molecule has 46 nitrogen and oxygen atoms in total. The van der Waals surface area contributed by atoms with Crippen LogP contribution in [0.5, 0.6) is 5.75 Å². The highest BCUT2D eigenvalue weighted by atomic mass is 31.2. The average molecular weight is 1600 g/mol. The van der Waals surface area contributed by atoms with Crippen LogP contribution in [-0.4, -0.2) is 242 Å². The number of carboxylic acid groups (broad SMARTS) is 4. The number of hydrogen-bond donors (Lipinski definition) is 25. The number of nitrogens with one attached hydrogen (secondary N) is 12. The van der Waals surface area contributed by atoms with Crippen molar-refractivity contribution in [3.8, 4) is 5.75 Å². The lowest BCUT2D eigenvalue weighted by atomic mass is 9.96. The van der Waals surface area contributed by atoms with Gasteiger partial charge in [0.2, 0.25) is 70.9 Å². The van der Waals surface area contributed by atoms with Gasteiger partial charge in [0.25, 0.3) is 0 Å². The molecule has 111 heavy (non-hydrogen) atoms. The summed E-state index contributed by atoms with van der Waals surface area (Å²) in [6, 6.07) is -14.8. The number of phosphoric ester groups is 1. The second kappa shape index (κ2) is 49.5. The number of hydrogen-bond acceptors (Lipinski definition) is 22. The maximum Gasteiger partial charge on any atom is 0.524 e. The first-order valence-electron chi connectivity index (χ1n) is 35.0. The smallest absolute Gasteiger partial charge is 0.481 e. The minimum absolute atomic E-state index is 0.00595. The molecule has 32 N–H and O–H groups in total. The number of benzene rings is 1. The average Bonchev–Trinajstić information content (AvgIpc) is 0.852. The number of aliphatic carboxylic acids is 4. The summed E-state index contributed by atoms with van der Waals surface area (Å²) in [6.45, 7) is 9.30. The molecule has 0 heterocycles. The Morgan fingerprint density at radius 1 is 0.423 bits per heavy atom. The predicted octanol–water partition coefficient (Wildman–Crippen LogP) is -7.92. The molecule has 0 aliphatic rings. The summed E-state index contributed by atoms with van der Waals surface area (Å²) in [6.07, 6.45) is -4.31. The molecule has 0 saturated carbocycles. The highest BCUT2D eigenvalue weighted by molar-refractivity contribution is 7.46. The van der Waals surface area contributed by atoms with E-state index in [1.165, 1.54) is 26.0 Å². The molecule has 0 radical (unpaired) electrons. The Bertz CT molecular complexity index is 3530. The van der Waals surface area contributed by atoms with E-state index in [0.717, 1.165) is 26.0 Å². The number of nitrogens with two attached hydrogens (primary N) is 7. The van der Waals surface area contributed by atoms with E-state index in [0.29, 0.717) is 6.42 Å². The second-order valence-corrected chi connectivity index (χ2v) is 27.2. The van der Waals surface area contributed by atoms with E-state index in [1.54, 1.807) is 20.8 Å². The molecule has 0 fully saturated rings. The summed E-state index contributed by atoms with van der Waals surface area (Å²) in [4.78, 5) is 244. The van der Waals surface area contributed by atoms with Crippen LogP contribution < -0.4 is 108 Å². The third-order valence-corrected chi connectivity index (χ3v) is 16.5. The van der Waals surface area contributed by atoms with Crippen LogP contribution >= 0.6 is 7.82 Å². The van der Waals surface area contributed by atoms with Crippen molar-refractivity contribution in [1.29, 1.82) is 0 Å². The summed E-state index contributed by atoms with van der Waals surface area (Å²) >= 11 is 0. The van der Waals surface area contributed by atoms with E-state index in [2.05, 4.69) is 83.3 Å². The third-order valence-electron chi connectivity index (χ3n) is 16.1. The Kier molecular flexibility index (Phi) is 43.5. The normalized spacial score (nSPS) is 14.5. The molecule has 1 rings (SSSR count). The van der Waals surface area contributed by atoms with Crippen molar-refractivity contribution in [2.45, 2.75) is 211 Å². The molecule has 12 amide bonds. The zero-order chi connectivity index (χ0) is 84.6. The summed E-state index contributed by atoms with van der Waals surface area (Å²) in [5.74, 6) is -21.3. The van der Waals surface area contributed by atoms with Gasteiger partial charge in [-0.25, -0.2) is 4.57 Å². The van der Waals surface area contributed by atoms with Gasteiger partial charge in [-0.15, -0.1) is 0 Å². The van der Waals surface area contributed by atoms with E-state index in [4.69, 9.17) is 45.2 Å². The van der Waals surface area contributed by atoms with Gasteiger partial charge < -0.3 is 129 Å². The number of carboxylic acids is 4. The third kappa shape index (κ3) is 41.0. The number of rotatable bonds is 53. The SMILES string of the molecule is CC[C@H](C)[C@H](NC(=O)[C@H](CC(C)C)NC(=O)[C@H](CCCN=C(N)N)NC(=O)[C@@H](N)CCCN=C(N)N)C(=O)N[C@@H](CCC(=O)O)C(=O)N[C@@H](CC(=O)O)C(=O)N[C@@H](C)C(=O)N[C@@H](CCC(=O)O)C(=O)N[C@@H](Cc1ccc(OP(=O)(O)O)cc1)C(=O)N[C@@H](C)C(=O)N[C@@H](C)C(=O)N[C@@H](CCCN=C(N)N)C(=O)NCC(=O)O. The van der Waals surface area contributed by atoms with Gasteiger partial charge in [-0.1, -0.05) is 46.2 Å². The lowest BCUT2D eigenvalue weighted by Crippen LogP contribution is -2.61. The van der Waals surface area contributed by atoms with E-state index in [-0.39, 0.29) is 99.7 Å². The van der Waals surface area contributed by atoms with Crippen molar-refractivity contribution in [2.24, 2.45) is 66.9 Å². The Labute approximate surface area is 637 Å². The Balaban J connectivity index is 3.63. The highest BCUT2D eigenvalue weighted by Gasteiger charge is 2.38. The molecule has 0 aliphatic heterocycles. The fourth-order valence-electron chi connectivity index (χ4n) is 9.98. The van der Waals surface area contributed by atoms with Crippen molar-refractivity contribution >= 4 is 120 Å². The van der Waals surface area contributed by atoms with Crippen molar-refractivity contribution < 1.29 is 116 Å². The van der Waals surface area contributed by atoms with Crippen LogP contribution in [0.15, 0.2) is 39.2 Å². The van der Waals surface area contributed by atoms with Gasteiger partial charge in [0, 0.05) is 38.9 Å². The van der Waals surface area contributed by atoms with Crippen molar-refractivity contribution in [2.75, 3.05) is 26.2 Å². The van der Waals surface area contributed by atoms with E-state index in [1.807, 2.05) is 0 Å². The fraction of sp³-hybridized carbons (Fsp3) is 0.609. The van der Waals surface area contributed by atoms with Gasteiger partial charge in [0.1, 0.15) is 78.8 Å². The number of carbonyl (C=O) groups is 16. The van der Waals surface area contributed by atoms with Crippen LogP contribution in [0.3, 0.4) is 0 Å². The number of nitrogens with zero attached hydrogens (tertiary/aromatic N) is 3. The van der Waals surface area contributed by atoms with E-state index >= 15 is 0 Å². The predicted molar refractivity (Wildman–Crippen MR) is 394 cm³/mol. The van der Waals surface area contributed by atoms with Gasteiger partial charge in [-0.2, -0.15) is 0 Å². The topological polar surface area (TPSA) is 784 Å². The molecule has 622 valence electrons. The van der Waals surface area contributed by atoms with E-state index in [9.17, 15) is 106 Å². The number of amides is 12. The van der Waals surface area contributed by atoms with Gasteiger partial charge in [0.15, 0.2) is 17.9 Å². The Hall–Kier alpha value is -11.5. The van der Waals surface area contributed by atoms with Gasteiger partial charge in [0.05, 0.1) is 12.5 Å². The zero-order valence-corrected chi connectivity index (χ0v) is 63.4. The Morgan fingerprint density at radius 2 is 0.784 bits per heavy atom. The maximum absolute atomic E-state index is 14.4. The molecule has 47 heteroatoms. The summed E-state index contributed by atoms with van der Waals surface area (Å²) < 4.78 is 16.1. The molecule has 1 aromatic carbocycles. The first-order valence-corrected chi connectivity index (χ1v) is 36.5. The quantitative estimate of drug-likeness (QED) is 0.0125. The molecule has 0 unspecified atom stereocenters. The van der Waals surface area contributed by atoms with Crippen molar-refractivity contribution in [3.63, 3.8) is 0 Å². The molecule has 0 aliphatic carbocycles. The zero-order valence-electron chi connectivity index (χ0n) is 62.5. The van der Waals surface area contributed by atoms with Crippen LogP contribution in [0.4, 0.5) is 0 Å². The molecule has 0 spiro atoms. The molecule has 0 aromatic heterocycles. The van der Waals surface area contributed by atoms with Crippen LogP contribution in [0.1, 0.15) is 138 Å². The minimum Gasteiger partial charge on any atom is -0.481 e. The largest absolute Gasteiger partial charge is 0.524 e.